The minimum atomic E-state index is -0.270. The molecule has 1 amide bonds. The number of carbonyl (C=O) groups excluding carboxylic acids is 1. The first-order valence-corrected chi connectivity index (χ1v) is 13.9. The molecule has 0 aliphatic carbocycles. The van der Waals surface area contributed by atoms with Crippen LogP contribution in [-0.4, -0.2) is 54.4 Å². The number of anilines is 1. The molecule has 2 aromatic heterocycles. The number of rotatable bonds is 9. The van der Waals surface area contributed by atoms with E-state index in [4.69, 9.17) is 37.7 Å². The summed E-state index contributed by atoms with van der Waals surface area (Å²) in [5.41, 5.74) is 3.84. The molecule has 2 aromatic carbocycles. The molecule has 40 heavy (non-hydrogen) atoms. The van der Waals surface area contributed by atoms with Gasteiger partial charge in [0.1, 0.15) is 5.75 Å². The minimum Gasteiger partial charge on any atom is -0.493 e. The van der Waals surface area contributed by atoms with Gasteiger partial charge in [-0.15, -0.1) is 0 Å². The van der Waals surface area contributed by atoms with E-state index in [1.807, 2.05) is 36.1 Å². The van der Waals surface area contributed by atoms with E-state index in [0.29, 0.717) is 75.3 Å². The monoisotopic (exact) mass is 580 g/mol. The number of nitrogens with one attached hydrogen (secondary N) is 1. The maximum atomic E-state index is 13.9. The highest BCUT2D eigenvalue weighted by atomic mass is 35.5. The standard InChI is InChI=1S/C30H30Cl2N4O4/c1-3-9-36(10-11-37)28-22-16-34-30(39-2)26(18-13-19(31)15-20(32)14-18)27(22)33-17-23(28)29(38)35-24-8-12-40-25-7-5-4-6-21(24)25/h4-7,13-17,24,37H,3,8-12H2,1-2H3,(H,35,38). The third-order valence-corrected chi connectivity index (χ3v) is 7.32. The van der Waals surface area contributed by atoms with Crippen molar-refractivity contribution in [2.24, 2.45) is 0 Å². The van der Waals surface area contributed by atoms with Crippen LogP contribution in [-0.2, 0) is 0 Å². The van der Waals surface area contributed by atoms with E-state index < -0.39 is 0 Å². The number of aliphatic hydroxyl groups is 1. The number of aliphatic hydroxyl groups excluding tert-OH is 1. The Bertz CT molecular complexity index is 1520. The molecule has 0 radical (unpaired) electrons. The maximum absolute atomic E-state index is 13.9. The van der Waals surface area contributed by atoms with E-state index in [1.165, 1.54) is 7.11 Å². The first kappa shape index (κ1) is 28.0. The zero-order valence-electron chi connectivity index (χ0n) is 22.3. The molecule has 10 heteroatoms. The number of hydrogen-bond acceptors (Lipinski definition) is 7. The Kier molecular flexibility index (Phi) is 8.59. The number of carbonyl (C=O) groups is 1. The van der Waals surface area contributed by atoms with E-state index in [1.54, 1.807) is 30.6 Å². The Morgan fingerprint density at radius 3 is 2.65 bits per heavy atom. The molecule has 3 heterocycles. The van der Waals surface area contributed by atoms with Crippen molar-refractivity contribution in [1.82, 2.24) is 15.3 Å². The number of para-hydroxylation sites is 1. The van der Waals surface area contributed by atoms with Gasteiger partial charge in [0.2, 0.25) is 5.88 Å². The lowest BCUT2D eigenvalue weighted by molar-refractivity contribution is 0.0925. The molecule has 1 unspecified atom stereocenters. The number of amides is 1. The average Bonchev–Trinajstić information content (AvgIpc) is 2.95. The topological polar surface area (TPSA) is 96.8 Å². The van der Waals surface area contributed by atoms with Crippen LogP contribution in [0.1, 0.15) is 41.7 Å². The smallest absolute Gasteiger partial charge is 0.255 e. The molecule has 2 N–H and O–H groups in total. The predicted octanol–water partition coefficient (Wildman–Crippen LogP) is 6.07. The molecule has 0 saturated heterocycles. The van der Waals surface area contributed by atoms with Gasteiger partial charge < -0.3 is 24.8 Å². The molecule has 0 bridgehead atoms. The Labute approximate surface area is 242 Å². The molecular formula is C30H30Cl2N4O4. The van der Waals surface area contributed by atoms with E-state index in [9.17, 15) is 9.90 Å². The summed E-state index contributed by atoms with van der Waals surface area (Å²) in [7, 11) is 1.54. The summed E-state index contributed by atoms with van der Waals surface area (Å²) >= 11 is 12.7. The molecule has 8 nitrogen and oxygen atoms in total. The van der Waals surface area contributed by atoms with Gasteiger partial charge >= 0.3 is 0 Å². The Morgan fingerprint density at radius 1 is 1.15 bits per heavy atom. The van der Waals surface area contributed by atoms with Crippen LogP contribution in [0.2, 0.25) is 10.0 Å². The molecule has 0 spiro atoms. The highest BCUT2D eigenvalue weighted by Gasteiger charge is 2.28. The van der Waals surface area contributed by atoms with Crippen molar-refractivity contribution in [3.8, 4) is 22.8 Å². The highest BCUT2D eigenvalue weighted by molar-refractivity contribution is 6.35. The van der Waals surface area contributed by atoms with Crippen LogP contribution in [0.4, 0.5) is 5.69 Å². The number of hydrogen-bond donors (Lipinski definition) is 2. The summed E-state index contributed by atoms with van der Waals surface area (Å²) in [5.74, 6) is 0.850. The lowest BCUT2D eigenvalue weighted by Gasteiger charge is -2.29. The zero-order valence-corrected chi connectivity index (χ0v) is 23.8. The lowest BCUT2D eigenvalue weighted by Crippen LogP contribution is -2.35. The fourth-order valence-corrected chi connectivity index (χ4v) is 5.73. The third-order valence-electron chi connectivity index (χ3n) is 6.88. The number of halogens is 2. The van der Waals surface area contributed by atoms with Crippen molar-refractivity contribution in [2.45, 2.75) is 25.8 Å². The van der Waals surface area contributed by atoms with Gasteiger partial charge in [0.25, 0.3) is 5.91 Å². The summed E-state index contributed by atoms with van der Waals surface area (Å²) in [5, 5.41) is 14.7. The second-order valence-corrected chi connectivity index (χ2v) is 10.4. The van der Waals surface area contributed by atoms with E-state index in [-0.39, 0.29) is 18.6 Å². The zero-order chi connectivity index (χ0) is 28.2. The van der Waals surface area contributed by atoms with E-state index in [2.05, 4.69) is 10.3 Å². The maximum Gasteiger partial charge on any atom is 0.255 e. The second-order valence-electron chi connectivity index (χ2n) is 9.50. The SMILES string of the molecule is CCCN(CCO)c1c(C(=O)NC2CCOc3ccccc32)cnc2c(-c3cc(Cl)cc(Cl)c3)c(OC)ncc12. The number of methoxy groups -OCH3 is 1. The number of nitrogens with zero attached hydrogens (tertiary/aromatic N) is 3. The van der Waals surface area contributed by atoms with Crippen molar-refractivity contribution in [2.75, 3.05) is 38.3 Å². The number of benzene rings is 2. The number of pyridine rings is 2. The van der Waals surface area contributed by atoms with Crippen molar-refractivity contribution in [3.63, 3.8) is 0 Å². The van der Waals surface area contributed by atoms with Crippen LogP contribution in [0.5, 0.6) is 11.6 Å². The highest BCUT2D eigenvalue weighted by Crippen LogP contribution is 2.41. The van der Waals surface area contributed by atoms with E-state index >= 15 is 0 Å². The molecule has 4 aromatic rings. The van der Waals surface area contributed by atoms with Gasteiger partial charge in [0.05, 0.1) is 48.7 Å². The van der Waals surface area contributed by atoms with Crippen LogP contribution in [0.3, 0.4) is 0 Å². The third kappa shape index (κ3) is 5.52. The molecule has 0 fully saturated rings. The summed E-state index contributed by atoms with van der Waals surface area (Å²) in [4.78, 5) is 25.3. The van der Waals surface area contributed by atoms with Crippen molar-refractivity contribution in [3.05, 3.63) is 76.0 Å². The van der Waals surface area contributed by atoms with Gasteiger partial charge in [0, 0.05) is 52.9 Å². The fraction of sp³-hybridized carbons (Fsp3) is 0.300. The summed E-state index contributed by atoms with van der Waals surface area (Å²) < 4.78 is 11.4. The van der Waals surface area contributed by atoms with Crippen LogP contribution in [0, 0.1) is 0 Å². The average molecular weight is 582 g/mol. The molecule has 1 aliphatic heterocycles. The lowest BCUT2D eigenvalue weighted by atomic mass is 9.99. The van der Waals surface area contributed by atoms with E-state index in [0.717, 1.165) is 17.7 Å². The normalized spacial score (nSPS) is 14.4. The predicted molar refractivity (Wildman–Crippen MR) is 158 cm³/mol. The molecule has 1 aliphatic rings. The van der Waals surface area contributed by atoms with Gasteiger partial charge in [-0.3, -0.25) is 9.78 Å². The van der Waals surface area contributed by atoms with Gasteiger partial charge in [0.15, 0.2) is 0 Å². The number of fused-ring (bicyclic) bond motifs is 2. The molecule has 208 valence electrons. The van der Waals surface area contributed by atoms with Crippen LogP contribution < -0.4 is 19.7 Å². The molecule has 5 rings (SSSR count). The van der Waals surface area contributed by atoms with Crippen molar-refractivity contribution in [1.29, 1.82) is 0 Å². The fourth-order valence-electron chi connectivity index (χ4n) is 5.20. The van der Waals surface area contributed by atoms with Gasteiger partial charge in [-0.2, -0.15) is 0 Å². The molecular weight excluding hydrogens is 551 g/mol. The van der Waals surface area contributed by atoms with Crippen molar-refractivity contribution < 1.29 is 19.4 Å². The van der Waals surface area contributed by atoms with Gasteiger partial charge in [-0.25, -0.2) is 4.98 Å². The summed E-state index contributed by atoms with van der Waals surface area (Å²) in [6, 6.07) is 12.7. The molecule has 0 saturated carbocycles. The van der Waals surface area contributed by atoms with Crippen molar-refractivity contribution >= 4 is 45.7 Å². The quantitative estimate of drug-likeness (QED) is 0.248. The first-order valence-electron chi connectivity index (χ1n) is 13.2. The second kappa shape index (κ2) is 12.3. The van der Waals surface area contributed by atoms with Crippen LogP contribution in [0.15, 0.2) is 54.9 Å². The number of ether oxygens (including phenoxy) is 2. The summed E-state index contributed by atoms with van der Waals surface area (Å²) in [6.07, 6.45) is 4.69. The molecule has 1 atom stereocenters. The Hall–Kier alpha value is -3.59. The Balaban J connectivity index is 1.68. The summed E-state index contributed by atoms with van der Waals surface area (Å²) in [6.45, 7) is 3.42. The van der Waals surface area contributed by atoms with Gasteiger partial charge in [-0.05, 0) is 36.2 Å². The minimum absolute atomic E-state index is 0.0848. The number of aromatic nitrogens is 2. The van der Waals surface area contributed by atoms with Crippen LogP contribution >= 0.6 is 23.2 Å². The largest absolute Gasteiger partial charge is 0.493 e. The first-order chi connectivity index (χ1) is 19.4. The Morgan fingerprint density at radius 2 is 1.93 bits per heavy atom. The van der Waals surface area contributed by atoms with Crippen LogP contribution in [0.25, 0.3) is 22.0 Å². The van der Waals surface area contributed by atoms with Gasteiger partial charge in [-0.1, -0.05) is 48.3 Å².